The molecule has 1 aromatic carbocycles. The molecule has 1 amide bonds. The molecule has 0 bridgehead atoms. The van der Waals surface area contributed by atoms with Crippen LogP contribution in [0.15, 0.2) is 68.2 Å². The van der Waals surface area contributed by atoms with Crippen molar-refractivity contribution in [3.05, 3.63) is 82.1 Å². The lowest BCUT2D eigenvalue weighted by Crippen LogP contribution is -2.12. The minimum Gasteiger partial charge on any atom is -0.461 e. The first kappa shape index (κ1) is 17.2. The molecule has 0 radical (unpaired) electrons. The van der Waals surface area contributed by atoms with E-state index in [0.29, 0.717) is 28.7 Å². The van der Waals surface area contributed by atoms with Gasteiger partial charge in [-0.15, -0.1) is 0 Å². The molecule has 0 aliphatic carbocycles. The Morgan fingerprint density at radius 3 is 2.75 bits per heavy atom. The quantitative estimate of drug-likeness (QED) is 0.395. The summed E-state index contributed by atoms with van der Waals surface area (Å²) in [4.78, 5) is 26.6. The number of carbonyl (C=O) groups is 1. The van der Waals surface area contributed by atoms with Gasteiger partial charge in [-0.3, -0.25) is 14.9 Å². The molecule has 140 valence electrons. The number of para-hydroxylation sites is 1. The summed E-state index contributed by atoms with van der Waals surface area (Å²) in [6.45, 7) is 0. The predicted octanol–water partition coefficient (Wildman–Crippen LogP) is 3.67. The van der Waals surface area contributed by atoms with Gasteiger partial charge >= 0.3 is 5.88 Å². The van der Waals surface area contributed by atoms with E-state index in [1.54, 1.807) is 36.4 Å². The van der Waals surface area contributed by atoms with E-state index < -0.39 is 16.7 Å². The molecule has 0 aliphatic rings. The van der Waals surface area contributed by atoms with Crippen molar-refractivity contribution < 1.29 is 23.1 Å². The Kier molecular flexibility index (Phi) is 4.42. The average molecular weight is 380 g/mol. The average Bonchev–Trinajstić information content (AvgIpc) is 3.44. The molecule has 10 heteroatoms. The normalized spacial score (nSPS) is 10.7. The first-order valence-electron chi connectivity index (χ1n) is 8.10. The van der Waals surface area contributed by atoms with Crippen molar-refractivity contribution in [2.24, 2.45) is 0 Å². The topological polar surface area (TPSA) is 137 Å². The van der Waals surface area contributed by atoms with Crippen molar-refractivity contribution >= 4 is 17.5 Å². The van der Waals surface area contributed by atoms with E-state index in [2.05, 4.69) is 15.5 Å². The Hall–Kier alpha value is -4.21. The van der Waals surface area contributed by atoms with Gasteiger partial charge in [-0.05, 0) is 29.8 Å². The van der Waals surface area contributed by atoms with E-state index in [9.17, 15) is 14.9 Å². The summed E-state index contributed by atoms with van der Waals surface area (Å²) >= 11 is 0. The number of nitrogens with one attached hydrogen (secondary N) is 1. The van der Waals surface area contributed by atoms with Crippen LogP contribution in [0, 0.1) is 10.1 Å². The minimum atomic E-state index is -0.711. The lowest BCUT2D eigenvalue weighted by Gasteiger charge is -2.08. The monoisotopic (exact) mass is 380 g/mol. The minimum absolute atomic E-state index is 0.167. The third kappa shape index (κ3) is 3.51. The summed E-state index contributed by atoms with van der Waals surface area (Å²) in [6.07, 6.45) is 1.78. The zero-order chi connectivity index (χ0) is 19.5. The van der Waals surface area contributed by atoms with Gasteiger partial charge in [0.05, 0.1) is 18.8 Å². The summed E-state index contributed by atoms with van der Waals surface area (Å²) in [5.74, 6) is -0.140. The van der Waals surface area contributed by atoms with Crippen LogP contribution in [0.4, 0.5) is 11.6 Å². The smallest absolute Gasteiger partial charge is 0.433 e. The van der Waals surface area contributed by atoms with Gasteiger partial charge in [-0.25, -0.2) is 0 Å². The molecule has 4 aromatic rings. The second-order valence-corrected chi connectivity index (χ2v) is 5.67. The Labute approximate surface area is 156 Å². The summed E-state index contributed by atoms with van der Waals surface area (Å²) in [5.41, 5.74) is 1.20. The van der Waals surface area contributed by atoms with Crippen LogP contribution in [-0.4, -0.2) is 21.0 Å². The molecule has 0 saturated heterocycles. The fourth-order valence-corrected chi connectivity index (χ4v) is 2.52. The van der Waals surface area contributed by atoms with Gasteiger partial charge in [-0.1, -0.05) is 23.4 Å². The third-order valence-corrected chi connectivity index (χ3v) is 3.81. The van der Waals surface area contributed by atoms with Crippen molar-refractivity contribution in [2.45, 2.75) is 6.42 Å². The molecule has 0 atom stereocenters. The SMILES string of the molecule is O=C(Nc1ccccc1Cc1nc(-c2ccco2)no1)c1ccc([N+](=O)[O-])o1. The van der Waals surface area contributed by atoms with Gasteiger partial charge in [0.1, 0.15) is 4.92 Å². The molecule has 0 aliphatic heterocycles. The second-order valence-electron chi connectivity index (χ2n) is 5.67. The van der Waals surface area contributed by atoms with E-state index >= 15 is 0 Å². The Bertz CT molecular complexity index is 1130. The largest absolute Gasteiger partial charge is 0.461 e. The number of benzene rings is 1. The predicted molar refractivity (Wildman–Crippen MR) is 94.6 cm³/mol. The van der Waals surface area contributed by atoms with Crippen LogP contribution < -0.4 is 5.32 Å². The molecule has 10 nitrogen and oxygen atoms in total. The zero-order valence-corrected chi connectivity index (χ0v) is 14.2. The highest BCUT2D eigenvalue weighted by molar-refractivity contribution is 6.02. The fraction of sp³-hybridized carbons (Fsp3) is 0.0556. The lowest BCUT2D eigenvalue weighted by molar-refractivity contribution is -0.402. The number of nitro groups is 1. The van der Waals surface area contributed by atoms with Crippen LogP contribution >= 0.6 is 0 Å². The molecule has 3 heterocycles. The Balaban J connectivity index is 1.52. The maximum Gasteiger partial charge on any atom is 0.433 e. The molecule has 3 aromatic heterocycles. The second kappa shape index (κ2) is 7.19. The summed E-state index contributed by atoms with van der Waals surface area (Å²) < 4.78 is 15.4. The van der Waals surface area contributed by atoms with E-state index in [-0.39, 0.29) is 12.2 Å². The van der Waals surface area contributed by atoms with Crippen molar-refractivity contribution in [1.82, 2.24) is 10.1 Å². The molecule has 0 fully saturated rings. The zero-order valence-electron chi connectivity index (χ0n) is 14.2. The molecular weight excluding hydrogens is 368 g/mol. The molecular formula is C18H12N4O6. The molecule has 0 spiro atoms. The van der Waals surface area contributed by atoms with Crippen LogP contribution in [0.2, 0.25) is 0 Å². The number of hydrogen-bond donors (Lipinski definition) is 1. The highest BCUT2D eigenvalue weighted by Crippen LogP contribution is 2.23. The summed E-state index contributed by atoms with van der Waals surface area (Å²) in [7, 11) is 0. The molecule has 28 heavy (non-hydrogen) atoms. The number of nitrogens with zero attached hydrogens (tertiary/aromatic N) is 3. The number of rotatable bonds is 6. The van der Waals surface area contributed by atoms with Gasteiger partial charge in [0.15, 0.2) is 11.5 Å². The number of furan rings is 2. The van der Waals surface area contributed by atoms with Gasteiger partial charge < -0.3 is 18.7 Å². The van der Waals surface area contributed by atoms with Gasteiger partial charge in [0.25, 0.3) is 5.91 Å². The van der Waals surface area contributed by atoms with E-state index in [4.69, 9.17) is 13.4 Å². The van der Waals surface area contributed by atoms with E-state index in [0.717, 1.165) is 6.07 Å². The maximum atomic E-state index is 12.3. The molecule has 0 saturated carbocycles. The Morgan fingerprint density at radius 2 is 2.00 bits per heavy atom. The highest BCUT2D eigenvalue weighted by atomic mass is 16.6. The number of carbonyl (C=O) groups excluding carboxylic acids is 1. The number of anilines is 1. The van der Waals surface area contributed by atoms with Gasteiger partial charge in [0, 0.05) is 5.69 Å². The number of hydrogen-bond acceptors (Lipinski definition) is 8. The van der Waals surface area contributed by atoms with Crippen molar-refractivity contribution in [2.75, 3.05) is 5.32 Å². The van der Waals surface area contributed by atoms with Gasteiger partial charge in [0.2, 0.25) is 11.7 Å². The first-order chi connectivity index (χ1) is 13.6. The standard InChI is InChI=1S/C18H12N4O6/c23-18(14-7-8-16(27-14)22(24)25)19-12-5-2-1-4-11(12)10-15-20-17(21-28-15)13-6-3-9-26-13/h1-9H,10H2,(H,19,23). The van der Waals surface area contributed by atoms with Crippen LogP contribution in [0.25, 0.3) is 11.6 Å². The van der Waals surface area contributed by atoms with Crippen molar-refractivity contribution in [1.29, 1.82) is 0 Å². The number of aromatic nitrogens is 2. The summed E-state index contributed by atoms with van der Waals surface area (Å²) in [6, 6.07) is 12.8. The first-order valence-corrected chi connectivity index (χ1v) is 8.10. The van der Waals surface area contributed by atoms with Crippen LogP contribution in [0.1, 0.15) is 22.0 Å². The third-order valence-electron chi connectivity index (χ3n) is 3.81. The van der Waals surface area contributed by atoms with Crippen molar-refractivity contribution in [3.8, 4) is 11.6 Å². The fourth-order valence-electron chi connectivity index (χ4n) is 2.52. The van der Waals surface area contributed by atoms with E-state index in [1.807, 2.05) is 0 Å². The molecule has 1 N–H and O–H groups in total. The Morgan fingerprint density at radius 1 is 1.14 bits per heavy atom. The van der Waals surface area contributed by atoms with Gasteiger partial charge in [-0.2, -0.15) is 4.98 Å². The number of amides is 1. The van der Waals surface area contributed by atoms with Crippen LogP contribution in [-0.2, 0) is 6.42 Å². The summed E-state index contributed by atoms with van der Waals surface area (Å²) in [5, 5.41) is 17.2. The van der Waals surface area contributed by atoms with Crippen LogP contribution in [0.5, 0.6) is 0 Å². The van der Waals surface area contributed by atoms with Crippen molar-refractivity contribution in [3.63, 3.8) is 0 Å². The highest BCUT2D eigenvalue weighted by Gasteiger charge is 2.19. The van der Waals surface area contributed by atoms with Crippen LogP contribution in [0.3, 0.4) is 0 Å². The lowest BCUT2D eigenvalue weighted by atomic mass is 10.1. The molecule has 0 unspecified atom stereocenters. The van der Waals surface area contributed by atoms with E-state index in [1.165, 1.54) is 12.3 Å². The maximum absolute atomic E-state index is 12.3. The molecule has 4 rings (SSSR count).